The second kappa shape index (κ2) is 4.01. The van der Waals surface area contributed by atoms with Crippen molar-refractivity contribution in [1.29, 1.82) is 0 Å². The normalized spacial score (nSPS) is 15.9. The molecule has 0 amide bonds. The Morgan fingerprint density at radius 2 is 2.27 bits per heavy atom. The number of carbonyl (C=O) groups is 1. The summed E-state index contributed by atoms with van der Waals surface area (Å²) in [5.41, 5.74) is 1.92. The highest BCUT2D eigenvalue weighted by Crippen LogP contribution is 2.36. The van der Waals surface area contributed by atoms with Crippen molar-refractivity contribution in [3.05, 3.63) is 23.4 Å². The third kappa shape index (κ3) is 1.87. The molecule has 0 aliphatic heterocycles. The summed E-state index contributed by atoms with van der Waals surface area (Å²) in [6.45, 7) is 1.59. The summed E-state index contributed by atoms with van der Waals surface area (Å²) in [5.74, 6) is 1.39. The maximum Gasteiger partial charge on any atom is 0.163 e. The van der Waals surface area contributed by atoms with Crippen molar-refractivity contribution in [3.63, 3.8) is 0 Å². The van der Waals surface area contributed by atoms with Crippen molar-refractivity contribution >= 4 is 11.6 Å². The molecule has 1 aliphatic rings. The molecule has 1 aromatic rings. The van der Waals surface area contributed by atoms with Crippen LogP contribution in [0.2, 0.25) is 0 Å². The molecular formula is C12H16N2O. The summed E-state index contributed by atoms with van der Waals surface area (Å²) in [5, 5.41) is 2.95. The lowest BCUT2D eigenvalue weighted by Gasteiger charge is -2.26. The van der Waals surface area contributed by atoms with Gasteiger partial charge in [0.15, 0.2) is 5.78 Å². The largest absolute Gasteiger partial charge is 0.373 e. The zero-order valence-electron chi connectivity index (χ0n) is 9.21. The highest BCUT2D eigenvalue weighted by molar-refractivity contribution is 5.98. The maximum absolute atomic E-state index is 11.4. The molecule has 1 fully saturated rings. The molecule has 3 heteroatoms. The Bertz CT molecular complexity index is 383. The molecule has 0 atom stereocenters. The Morgan fingerprint density at radius 3 is 2.73 bits per heavy atom. The fraction of sp³-hybridized carbons (Fsp3) is 0.500. The van der Waals surface area contributed by atoms with E-state index in [1.165, 1.54) is 24.8 Å². The number of carbonyl (C=O) groups excluding carboxylic acids is 1. The topological polar surface area (TPSA) is 42.0 Å². The van der Waals surface area contributed by atoms with E-state index in [1.54, 1.807) is 14.0 Å². The summed E-state index contributed by atoms with van der Waals surface area (Å²) in [6, 6.07) is 1.99. The zero-order chi connectivity index (χ0) is 10.8. The van der Waals surface area contributed by atoms with Crippen LogP contribution in [-0.2, 0) is 0 Å². The molecule has 1 aromatic heterocycles. The lowest BCUT2D eigenvalue weighted by molar-refractivity contribution is 0.101. The Labute approximate surface area is 89.9 Å². The number of nitrogens with one attached hydrogen (secondary N) is 1. The van der Waals surface area contributed by atoms with Gasteiger partial charge in [0, 0.05) is 13.2 Å². The number of anilines is 1. The van der Waals surface area contributed by atoms with Crippen molar-refractivity contribution < 1.29 is 4.79 Å². The number of hydrogen-bond donors (Lipinski definition) is 1. The summed E-state index contributed by atoms with van der Waals surface area (Å²) in [4.78, 5) is 15.7. The van der Waals surface area contributed by atoms with Crippen molar-refractivity contribution in [3.8, 4) is 0 Å². The Morgan fingerprint density at radius 1 is 1.53 bits per heavy atom. The van der Waals surface area contributed by atoms with Gasteiger partial charge in [-0.25, -0.2) is 4.98 Å². The predicted molar refractivity (Wildman–Crippen MR) is 60.4 cm³/mol. The number of pyridine rings is 1. The molecule has 1 aliphatic carbocycles. The fourth-order valence-electron chi connectivity index (χ4n) is 1.91. The smallest absolute Gasteiger partial charge is 0.163 e. The second-order valence-electron chi connectivity index (χ2n) is 4.10. The van der Waals surface area contributed by atoms with Crippen LogP contribution in [0.4, 0.5) is 5.82 Å². The van der Waals surface area contributed by atoms with Crippen molar-refractivity contribution in [2.75, 3.05) is 12.4 Å². The third-order valence-electron chi connectivity index (χ3n) is 3.10. The number of rotatable bonds is 3. The molecule has 15 heavy (non-hydrogen) atoms. The van der Waals surface area contributed by atoms with Gasteiger partial charge in [-0.3, -0.25) is 4.79 Å². The van der Waals surface area contributed by atoms with Gasteiger partial charge in [0.1, 0.15) is 5.82 Å². The van der Waals surface area contributed by atoms with E-state index in [0.29, 0.717) is 17.3 Å². The van der Waals surface area contributed by atoms with Gasteiger partial charge in [0.05, 0.1) is 5.56 Å². The van der Waals surface area contributed by atoms with E-state index in [2.05, 4.69) is 10.3 Å². The van der Waals surface area contributed by atoms with Crippen molar-refractivity contribution in [2.45, 2.75) is 32.1 Å². The van der Waals surface area contributed by atoms with Crippen LogP contribution in [0.25, 0.3) is 0 Å². The summed E-state index contributed by atoms with van der Waals surface area (Å²) in [6.07, 6.45) is 5.66. The monoisotopic (exact) mass is 204 g/mol. The lowest BCUT2D eigenvalue weighted by Crippen LogP contribution is -2.11. The quantitative estimate of drug-likeness (QED) is 0.769. The summed E-state index contributed by atoms with van der Waals surface area (Å²) >= 11 is 0. The highest BCUT2D eigenvalue weighted by atomic mass is 16.1. The van der Waals surface area contributed by atoms with E-state index in [1.807, 2.05) is 12.3 Å². The minimum Gasteiger partial charge on any atom is -0.373 e. The summed E-state index contributed by atoms with van der Waals surface area (Å²) < 4.78 is 0. The molecule has 1 heterocycles. The van der Waals surface area contributed by atoms with E-state index in [4.69, 9.17) is 0 Å². The SMILES string of the molecule is CNc1ncc(C2CCC2)cc1C(C)=O. The molecule has 1 N–H and O–H groups in total. The van der Waals surface area contributed by atoms with E-state index >= 15 is 0 Å². The molecule has 80 valence electrons. The lowest BCUT2D eigenvalue weighted by atomic mass is 9.80. The van der Waals surface area contributed by atoms with Gasteiger partial charge < -0.3 is 5.32 Å². The van der Waals surface area contributed by atoms with Crippen LogP contribution in [-0.4, -0.2) is 17.8 Å². The first-order valence-corrected chi connectivity index (χ1v) is 5.41. The van der Waals surface area contributed by atoms with Gasteiger partial charge in [0.25, 0.3) is 0 Å². The van der Waals surface area contributed by atoms with E-state index < -0.39 is 0 Å². The average Bonchev–Trinajstić information content (AvgIpc) is 2.15. The van der Waals surface area contributed by atoms with Crippen LogP contribution in [0, 0.1) is 0 Å². The van der Waals surface area contributed by atoms with Crippen LogP contribution in [0.1, 0.15) is 48.0 Å². The van der Waals surface area contributed by atoms with Crippen LogP contribution in [0.3, 0.4) is 0 Å². The first-order valence-electron chi connectivity index (χ1n) is 5.41. The number of Topliss-reactive ketones (excluding diaryl/α,β-unsaturated/α-hetero) is 1. The molecule has 0 aromatic carbocycles. The molecule has 0 bridgehead atoms. The highest BCUT2D eigenvalue weighted by Gasteiger charge is 2.21. The van der Waals surface area contributed by atoms with Gasteiger partial charge in [-0.2, -0.15) is 0 Å². The minimum absolute atomic E-state index is 0.0769. The van der Waals surface area contributed by atoms with E-state index in [9.17, 15) is 4.79 Å². The molecule has 0 radical (unpaired) electrons. The number of hydrogen-bond acceptors (Lipinski definition) is 3. The van der Waals surface area contributed by atoms with Crippen LogP contribution >= 0.6 is 0 Å². The molecule has 0 saturated heterocycles. The zero-order valence-corrected chi connectivity index (χ0v) is 9.21. The van der Waals surface area contributed by atoms with Gasteiger partial charge in [-0.1, -0.05) is 6.42 Å². The van der Waals surface area contributed by atoms with Gasteiger partial charge in [0.2, 0.25) is 0 Å². The first-order chi connectivity index (χ1) is 7.22. The van der Waals surface area contributed by atoms with Gasteiger partial charge in [-0.05, 0) is 37.3 Å². The van der Waals surface area contributed by atoms with E-state index in [-0.39, 0.29) is 5.78 Å². The second-order valence-corrected chi connectivity index (χ2v) is 4.10. The van der Waals surface area contributed by atoms with Crippen LogP contribution < -0.4 is 5.32 Å². The maximum atomic E-state index is 11.4. The molecule has 0 spiro atoms. The Kier molecular flexibility index (Phi) is 2.71. The van der Waals surface area contributed by atoms with Crippen molar-refractivity contribution in [1.82, 2.24) is 4.98 Å². The molecule has 2 rings (SSSR count). The average molecular weight is 204 g/mol. The number of nitrogens with zero attached hydrogens (tertiary/aromatic N) is 1. The Balaban J connectivity index is 2.35. The van der Waals surface area contributed by atoms with Crippen LogP contribution in [0.15, 0.2) is 12.3 Å². The standard InChI is InChI=1S/C12H16N2O/c1-8(15)11-6-10(9-4-3-5-9)7-14-12(11)13-2/h6-7,9H,3-5H2,1-2H3,(H,13,14). The number of aromatic nitrogens is 1. The summed E-state index contributed by atoms with van der Waals surface area (Å²) in [7, 11) is 1.79. The molecule has 0 unspecified atom stereocenters. The van der Waals surface area contributed by atoms with Gasteiger partial charge >= 0.3 is 0 Å². The van der Waals surface area contributed by atoms with Crippen LogP contribution in [0.5, 0.6) is 0 Å². The molecule has 1 saturated carbocycles. The Hall–Kier alpha value is -1.38. The first kappa shape index (κ1) is 10.1. The third-order valence-corrected chi connectivity index (χ3v) is 3.10. The van der Waals surface area contributed by atoms with E-state index in [0.717, 1.165) is 0 Å². The minimum atomic E-state index is 0.0769. The van der Waals surface area contributed by atoms with Crippen molar-refractivity contribution in [2.24, 2.45) is 0 Å². The predicted octanol–water partition coefficient (Wildman–Crippen LogP) is 2.59. The number of ketones is 1. The van der Waals surface area contributed by atoms with Gasteiger partial charge in [-0.15, -0.1) is 0 Å². The molecular weight excluding hydrogens is 188 g/mol. The fourth-order valence-corrected chi connectivity index (χ4v) is 1.91. The molecule has 3 nitrogen and oxygen atoms in total.